The third-order valence-electron chi connectivity index (χ3n) is 5.02. The Morgan fingerprint density at radius 2 is 1.79 bits per heavy atom. The second kappa shape index (κ2) is 11.5. The lowest BCUT2D eigenvalue weighted by Crippen LogP contribution is -2.34. The summed E-state index contributed by atoms with van der Waals surface area (Å²) in [5, 5.41) is 27.7. The van der Waals surface area contributed by atoms with Gasteiger partial charge in [0.2, 0.25) is 5.91 Å². The van der Waals surface area contributed by atoms with Crippen molar-refractivity contribution >= 4 is 29.3 Å². The van der Waals surface area contributed by atoms with Crippen molar-refractivity contribution in [2.24, 2.45) is 0 Å². The summed E-state index contributed by atoms with van der Waals surface area (Å²) in [6.45, 7) is 4.62. The van der Waals surface area contributed by atoms with E-state index in [0.717, 1.165) is 22.4 Å². The maximum Gasteiger partial charge on any atom is 0.233 e. The van der Waals surface area contributed by atoms with Crippen LogP contribution in [0.5, 0.6) is 0 Å². The number of thioether (sulfide) groups is 1. The van der Waals surface area contributed by atoms with E-state index in [1.807, 2.05) is 60.9 Å². The number of hydrogen-bond acceptors (Lipinski definition) is 6. The Labute approximate surface area is 202 Å². The van der Waals surface area contributed by atoms with Gasteiger partial charge in [0, 0.05) is 18.7 Å². The lowest BCUT2D eigenvalue weighted by atomic mass is 10.1. The van der Waals surface area contributed by atoms with Gasteiger partial charge < -0.3 is 4.90 Å². The van der Waals surface area contributed by atoms with E-state index in [1.165, 1.54) is 11.8 Å². The van der Waals surface area contributed by atoms with Gasteiger partial charge in [-0.2, -0.15) is 10.5 Å². The first-order valence-electron chi connectivity index (χ1n) is 10.4. The van der Waals surface area contributed by atoms with E-state index in [1.54, 1.807) is 11.0 Å². The first kappa shape index (κ1) is 24.3. The molecule has 0 radical (unpaired) electrons. The van der Waals surface area contributed by atoms with Gasteiger partial charge >= 0.3 is 0 Å². The summed E-state index contributed by atoms with van der Waals surface area (Å²) >= 11 is 7.73. The molecule has 1 amide bonds. The quantitative estimate of drug-likeness (QED) is 0.403. The topological polar surface area (TPSA) is 98.6 Å². The second-order valence-corrected chi connectivity index (χ2v) is 8.75. The zero-order valence-electron chi connectivity index (χ0n) is 18.5. The number of rotatable bonds is 9. The molecule has 0 aliphatic heterocycles. The number of aryl methyl sites for hydroxylation is 2. The van der Waals surface area contributed by atoms with Crippen LogP contribution in [0.15, 0.2) is 47.6 Å². The first-order valence-corrected chi connectivity index (χ1v) is 11.7. The molecule has 0 fully saturated rings. The zero-order chi connectivity index (χ0) is 23.8. The van der Waals surface area contributed by atoms with Gasteiger partial charge in [0.1, 0.15) is 0 Å². The number of nitriles is 2. The smallest absolute Gasteiger partial charge is 0.233 e. The molecule has 0 N–H and O–H groups in total. The molecule has 0 saturated heterocycles. The summed E-state index contributed by atoms with van der Waals surface area (Å²) in [5.74, 6) is 0.554. The molecule has 0 saturated carbocycles. The molecule has 0 aliphatic carbocycles. The van der Waals surface area contributed by atoms with Crippen LogP contribution in [0.3, 0.4) is 0 Å². The predicted octanol–water partition coefficient (Wildman–Crippen LogP) is 4.95. The number of amides is 1. The van der Waals surface area contributed by atoms with Crippen LogP contribution in [0.25, 0.3) is 17.1 Å². The largest absolute Gasteiger partial charge is 0.340 e. The number of benzene rings is 2. The van der Waals surface area contributed by atoms with Crippen molar-refractivity contribution in [3.8, 4) is 29.2 Å². The molecule has 0 spiro atoms. The third-order valence-corrected chi connectivity index (χ3v) is 6.26. The van der Waals surface area contributed by atoms with Crippen LogP contribution in [-0.2, 0) is 4.79 Å². The van der Waals surface area contributed by atoms with E-state index in [4.69, 9.17) is 22.1 Å². The highest BCUT2D eigenvalue weighted by Crippen LogP contribution is 2.33. The monoisotopic (exact) mass is 478 g/mol. The minimum absolute atomic E-state index is 0.113. The highest BCUT2D eigenvalue weighted by molar-refractivity contribution is 7.99. The average Bonchev–Trinajstić information content (AvgIpc) is 3.23. The molecule has 0 atom stereocenters. The van der Waals surface area contributed by atoms with E-state index >= 15 is 0 Å². The molecule has 2 aromatic carbocycles. The maximum atomic E-state index is 12.8. The van der Waals surface area contributed by atoms with Gasteiger partial charge in [0.15, 0.2) is 11.0 Å². The number of nitrogens with zero attached hydrogens (tertiary/aromatic N) is 6. The molecule has 3 rings (SSSR count). The number of carbonyl (C=O) groups excluding carboxylic acids is 1. The van der Waals surface area contributed by atoms with E-state index < -0.39 is 0 Å². The van der Waals surface area contributed by atoms with Crippen LogP contribution in [0.4, 0.5) is 0 Å². The summed E-state index contributed by atoms with van der Waals surface area (Å²) in [4.78, 5) is 14.4. The van der Waals surface area contributed by atoms with Gasteiger partial charge in [-0.05, 0) is 43.2 Å². The molecule has 7 nitrogen and oxygen atoms in total. The van der Waals surface area contributed by atoms with E-state index in [2.05, 4.69) is 16.3 Å². The maximum absolute atomic E-state index is 12.8. The van der Waals surface area contributed by atoms with E-state index in [-0.39, 0.29) is 24.5 Å². The number of hydrogen-bond donors (Lipinski definition) is 0. The fourth-order valence-electron chi connectivity index (χ4n) is 3.31. The molecule has 33 heavy (non-hydrogen) atoms. The van der Waals surface area contributed by atoms with Crippen molar-refractivity contribution in [1.82, 2.24) is 19.7 Å². The van der Waals surface area contributed by atoms with E-state index in [9.17, 15) is 4.79 Å². The van der Waals surface area contributed by atoms with Crippen molar-refractivity contribution in [3.05, 3.63) is 58.6 Å². The van der Waals surface area contributed by atoms with Crippen LogP contribution in [-0.4, -0.2) is 44.4 Å². The molecule has 1 aromatic heterocycles. The summed E-state index contributed by atoms with van der Waals surface area (Å²) in [6.07, 6.45) is 0.439. The van der Waals surface area contributed by atoms with Gasteiger partial charge in [0.05, 0.1) is 41.4 Å². The van der Waals surface area contributed by atoms with Crippen molar-refractivity contribution < 1.29 is 4.79 Å². The SMILES string of the molecule is Cc1ccc(C)c(-n2c(SCC(=O)N(CCC#N)CCC#N)nnc2-c2ccccc2Cl)c1. The lowest BCUT2D eigenvalue weighted by Gasteiger charge is -2.20. The van der Waals surface area contributed by atoms with Crippen LogP contribution in [0, 0.1) is 36.5 Å². The van der Waals surface area contributed by atoms with Gasteiger partial charge in [-0.3, -0.25) is 9.36 Å². The summed E-state index contributed by atoms with van der Waals surface area (Å²) < 4.78 is 1.93. The van der Waals surface area contributed by atoms with Crippen molar-refractivity contribution in [2.75, 3.05) is 18.8 Å². The Balaban J connectivity index is 1.97. The fraction of sp³-hybridized carbons (Fsp3) is 0.292. The third kappa shape index (κ3) is 5.92. The normalized spacial score (nSPS) is 10.5. The highest BCUT2D eigenvalue weighted by atomic mass is 35.5. The van der Waals surface area contributed by atoms with Crippen molar-refractivity contribution in [1.29, 1.82) is 10.5 Å². The van der Waals surface area contributed by atoms with Crippen LogP contribution in [0.2, 0.25) is 5.02 Å². The molecule has 1 heterocycles. The van der Waals surface area contributed by atoms with Crippen molar-refractivity contribution in [3.63, 3.8) is 0 Å². The Bertz CT molecular complexity index is 1210. The minimum Gasteiger partial charge on any atom is -0.340 e. The minimum atomic E-state index is -0.152. The predicted molar refractivity (Wildman–Crippen MR) is 129 cm³/mol. The van der Waals surface area contributed by atoms with Gasteiger partial charge in [0.25, 0.3) is 0 Å². The first-order chi connectivity index (χ1) is 16.0. The summed E-state index contributed by atoms with van der Waals surface area (Å²) in [5.41, 5.74) is 3.78. The molecule has 0 aliphatic rings. The van der Waals surface area contributed by atoms with Crippen LogP contribution >= 0.6 is 23.4 Å². The molecular weight excluding hydrogens is 456 g/mol. The van der Waals surface area contributed by atoms with Crippen LogP contribution in [0.1, 0.15) is 24.0 Å². The number of aromatic nitrogens is 3. The molecule has 0 unspecified atom stereocenters. The van der Waals surface area contributed by atoms with Crippen molar-refractivity contribution in [2.45, 2.75) is 31.8 Å². The standard InChI is InChI=1S/C24H23ClN6OS/c1-17-9-10-18(2)21(15-17)31-23(19-7-3-4-8-20(19)25)28-29-24(31)33-16-22(32)30(13-5-11-26)14-6-12-27/h3-4,7-10,15H,5-6,13-14,16H2,1-2H3. The molecule has 0 bridgehead atoms. The van der Waals surface area contributed by atoms with Gasteiger partial charge in [-0.25, -0.2) is 0 Å². The Hall–Kier alpha value is -3.33. The Morgan fingerprint density at radius 3 is 2.45 bits per heavy atom. The average molecular weight is 479 g/mol. The fourth-order valence-corrected chi connectivity index (χ4v) is 4.37. The molecule has 3 aromatic rings. The number of halogens is 1. The molecular formula is C24H23ClN6OS. The van der Waals surface area contributed by atoms with E-state index in [0.29, 0.717) is 29.1 Å². The number of carbonyl (C=O) groups is 1. The molecule has 9 heteroatoms. The summed E-state index contributed by atoms with van der Waals surface area (Å²) in [7, 11) is 0. The highest BCUT2D eigenvalue weighted by Gasteiger charge is 2.21. The Morgan fingerprint density at radius 1 is 1.09 bits per heavy atom. The van der Waals surface area contributed by atoms with Gasteiger partial charge in [-0.1, -0.05) is 47.6 Å². The lowest BCUT2D eigenvalue weighted by molar-refractivity contribution is -0.128. The summed E-state index contributed by atoms with van der Waals surface area (Å²) in [6, 6.07) is 17.7. The second-order valence-electron chi connectivity index (χ2n) is 7.40. The van der Waals surface area contributed by atoms with Crippen LogP contribution < -0.4 is 0 Å². The zero-order valence-corrected chi connectivity index (χ0v) is 20.0. The molecule has 168 valence electrons. The van der Waals surface area contributed by atoms with Gasteiger partial charge in [-0.15, -0.1) is 10.2 Å². The Kier molecular flexibility index (Phi) is 8.48.